The number of carbonyl (C=O) groups excluding carboxylic acids is 2. The van der Waals surface area contributed by atoms with Crippen LogP contribution in [0.4, 0.5) is 5.69 Å². The molecule has 3 N–H and O–H groups in total. The molecular weight excluding hydrogens is 378 g/mol. The quantitative estimate of drug-likeness (QED) is 0.593. The zero-order valence-corrected chi connectivity index (χ0v) is 18.2. The maximum absolute atomic E-state index is 12.3. The summed E-state index contributed by atoms with van der Waals surface area (Å²) in [5.74, 6) is 0.937. The van der Waals surface area contributed by atoms with Crippen LogP contribution in [0.3, 0.4) is 0 Å². The average Bonchev–Trinajstić information content (AvgIpc) is 3.55. The average molecular weight is 410 g/mol. The molecule has 1 aliphatic rings. The number of rotatable bonds is 9. The number of benzene rings is 2. The van der Waals surface area contributed by atoms with Gasteiger partial charge >= 0.3 is 0 Å². The molecule has 0 bridgehead atoms. The van der Waals surface area contributed by atoms with Crippen LogP contribution in [-0.2, 0) is 9.59 Å². The summed E-state index contributed by atoms with van der Waals surface area (Å²) < 4.78 is 5.22. The number of carbonyl (C=O) groups is 2. The van der Waals surface area contributed by atoms with E-state index in [0.717, 1.165) is 46.5 Å². The molecule has 2 aromatic carbocycles. The first-order valence-corrected chi connectivity index (χ1v) is 10.4. The summed E-state index contributed by atoms with van der Waals surface area (Å²) in [6, 6.07) is 12.1. The molecule has 3 rings (SSSR count). The van der Waals surface area contributed by atoms with Crippen molar-refractivity contribution in [1.29, 1.82) is 0 Å². The fourth-order valence-corrected chi connectivity index (χ4v) is 3.80. The van der Waals surface area contributed by atoms with Crippen molar-refractivity contribution in [2.45, 2.75) is 39.7 Å². The van der Waals surface area contributed by atoms with E-state index in [9.17, 15) is 9.59 Å². The van der Waals surface area contributed by atoms with Crippen molar-refractivity contribution >= 4 is 17.5 Å². The standard InChI is InChI=1S/C24H31N3O3/c1-15-11-16(2)23(17(3)12-15)27-22(29)14-25-21(28)13-26-24(18-5-6-18)19-7-9-20(30-4)10-8-19/h7-12,18,24,26H,5-6,13-14H2,1-4H3,(H,25,28)(H,27,29). The molecule has 6 heteroatoms. The van der Waals surface area contributed by atoms with Gasteiger partial charge in [0.05, 0.1) is 20.2 Å². The van der Waals surface area contributed by atoms with Crippen LogP contribution in [0.5, 0.6) is 5.75 Å². The van der Waals surface area contributed by atoms with E-state index < -0.39 is 0 Å². The molecule has 0 saturated heterocycles. The van der Waals surface area contributed by atoms with Crippen molar-refractivity contribution in [3.05, 3.63) is 58.7 Å². The molecule has 1 atom stereocenters. The lowest BCUT2D eigenvalue weighted by molar-refractivity contribution is -0.123. The monoisotopic (exact) mass is 409 g/mol. The molecule has 0 spiro atoms. The molecule has 0 radical (unpaired) electrons. The largest absolute Gasteiger partial charge is 0.497 e. The number of anilines is 1. The third-order valence-corrected chi connectivity index (χ3v) is 5.44. The molecule has 0 aliphatic heterocycles. The normalized spacial score (nSPS) is 14.1. The number of aryl methyl sites for hydroxylation is 3. The van der Waals surface area contributed by atoms with Crippen LogP contribution in [0.15, 0.2) is 36.4 Å². The summed E-state index contributed by atoms with van der Waals surface area (Å²) >= 11 is 0. The Bertz CT molecular complexity index is 881. The highest BCUT2D eigenvalue weighted by atomic mass is 16.5. The van der Waals surface area contributed by atoms with Crippen LogP contribution in [0.2, 0.25) is 0 Å². The molecule has 6 nitrogen and oxygen atoms in total. The van der Waals surface area contributed by atoms with E-state index in [1.165, 1.54) is 0 Å². The summed E-state index contributed by atoms with van der Waals surface area (Å²) in [5, 5.41) is 8.96. The number of ether oxygens (including phenoxy) is 1. The van der Waals surface area contributed by atoms with Gasteiger partial charge < -0.3 is 20.7 Å². The van der Waals surface area contributed by atoms with Gasteiger partial charge in [0.15, 0.2) is 0 Å². The minimum atomic E-state index is -0.229. The van der Waals surface area contributed by atoms with Crippen molar-refractivity contribution in [3.63, 3.8) is 0 Å². The van der Waals surface area contributed by atoms with Crippen molar-refractivity contribution in [2.24, 2.45) is 5.92 Å². The first-order valence-electron chi connectivity index (χ1n) is 10.4. The Balaban J connectivity index is 1.48. The van der Waals surface area contributed by atoms with Gasteiger partial charge in [0, 0.05) is 11.7 Å². The van der Waals surface area contributed by atoms with Gasteiger partial charge in [-0.3, -0.25) is 9.59 Å². The SMILES string of the molecule is COc1ccc(C(NCC(=O)NCC(=O)Nc2c(C)cc(C)cc2C)C2CC2)cc1. The van der Waals surface area contributed by atoms with Crippen LogP contribution in [-0.4, -0.2) is 32.0 Å². The molecule has 160 valence electrons. The van der Waals surface area contributed by atoms with Crippen LogP contribution in [0, 0.1) is 26.7 Å². The predicted molar refractivity (Wildman–Crippen MR) is 119 cm³/mol. The molecule has 1 unspecified atom stereocenters. The number of hydrogen-bond donors (Lipinski definition) is 3. The van der Waals surface area contributed by atoms with Crippen molar-refractivity contribution < 1.29 is 14.3 Å². The molecule has 0 aromatic heterocycles. The Kier molecular flexibility index (Phi) is 7.11. The van der Waals surface area contributed by atoms with Crippen molar-refractivity contribution in [1.82, 2.24) is 10.6 Å². The second-order valence-corrected chi connectivity index (χ2v) is 8.07. The highest BCUT2D eigenvalue weighted by molar-refractivity contribution is 5.96. The molecule has 30 heavy (non-hydrogen) atoms. The number of amides is 2. The molecule has 2 aromatic rings. The van der Waals surface area contributed by atoms with E-state index in [1.54, 1.807) is 7.11 Å². The Morgan fingerprint density at radius 2 is 1.63 bits per heavy atom. The van der Waals surface area contributed by atoms with E-state index in [2.05, 4.69) is 16.0 Å². The van der Waals surface area contributed by atoms with Crippen LogP contribution >= 0.6 is 0 Å². The van der Waals surface area contributed by atoms with Gasteiger partial charge in [-0.15, -0.1) is 0 Å². The summed E-state index contributed by atoms with van der Waals surface area (Å²) in [5.41, 5.74) is 5.14. The van der Waals surface area contributed by atoms with Gasteiger partial charge in [0.2, 0.25) is 11.8 Å². The topological polar surface area (TPSA) is 79.5 Å². The van der Waals surface area contributed by atoms with Gasteiger partial charge in [-0.1, -0.05) is 29.8 Å². The molecule has 0 heterocycles. The zero-order valence-electron chi connectivity index (χ0n) is 18.2. The van der Waals surface area contributed by atoms with E-state index in [0.29, 0.717) is 5.92 Å². The molecule has 2 amide bonds. The van der Waals surface area contributed by atoms with Crippen molar-refractivity contribution in [3.8, 4) is 5.75 Å². The van der Waals surface area contributed by atoms with Gasteiger partial charge in [-0.2, -0.15) is 0 Å². The molecule has 1 saturated carbocycles. The fraction of sp³-hybridized carbons (Fsp3) is 0.417. The number of nitrogens with one attached hydrogen (secondary N) is 3. The van der Waals surface area contributed by atoms with E-state index in [4.69, 9.17) is 4.74 Å². The van der Waals surface area contributed by atoms with E-state index >= 15 is 0 Å². The third-order valence-electron chi connectivity index (χ3n) is 5.44. The minimum absolute atomic E-state index is 0.0517. The molecule has 1 aliphatic carbocycles. The van der Waals surface area contributed by atoms with E-state index in [-0.39, 0.29) is 30.9 Å². The van der Waals surface area contributed by atoms with Gasteiger partial charge in [-0.05, 0) is 68.4 Å². The summed E-state index contributed by atoms with van der Waals surface area (Å²) in [7, 11) is 1.65. The first-order chi connectivity index (χ1) is 14.4. The Hall–Kier alpha value is -2.86. The third kappa shape index (κ3) is 5.83. The second-order valence-electron chi connectivity index (χ2n) is 8.07. The maximum atomic E-state index is 12.3. The Morgan fingerprint density at radius 1 is 1.00 bits per heavy atom. The minimum Gasteiger partial charge on any atom is -0.497 e. The lowest BCUT2D eigenvalue weighted by Crippen LogP contribution is -2.40. The smallest absolute Gasteiger partial charge is 0.243 e. The maximum Gasteiger partial charge on any atom is 0.243 e. The number of hydrogen-bond acceptors (Lipinski definition) is 4. The molecular formula is C24H31N3O3. The van der Waals surface area contributed by atoms with Crippen LogP contribution < -0.4 is 20.7 Å². The lowest BCUT2D eigenvalue weighted by atomic mass is 10.0. The summed E-state index contributed by atoms with van der Waals surface area (Å²) in [4.78, 5) is 24.6. The molecule has 1 fully saturated rings. The lowest BCUT2D eigenvalue weighted by Gasteiger charge is -2.19. The summed E-state index contributed by atoms with van der Waals surface area (Å²) in [6.07, 6.45) is 2.31. The highest BCUT2D eigenvalue weighted by Crippen LogP contribution is 2.41. The van der Waals surface area contributed by atoms with Crippen molar-refractivity contribution in [2.75, 3.05) is 25.5 Å². The van der Waals surface area contributed by atoms with Gasteiger partial charge in [-0.25, -0.2) is 0 Å². The first kappa shape index (κ1) is 21.8. The highest BCUT2D eigenvalue weighted by Gasteiger charge is 2.32. The Morgan fingerprint density at radius 3 is 2.20 bits per heavy atom. The fourth-order valence-electron chi connectivity index (χ4n) is 3.80. The van der Waals surface area contributed by atoms with Crippen LogP contribution in [0.25, 0.3) is 0 Å². The summed E-state index contributed by atoms with van der Waals surface area (Å²) in [6.45, 7) is 6.08. The van der Waals surface area contributed by atoms with Gasteiger partial charge in [0.25, 0.3) is 0 Å². The second kappa shape index (κ2) is 9.76. The predicted octanol–water partition coefficient (Wildman–Crippen LogP) is 3.42. The van der Waals surface area contributed by atoms with E-state index in [1.807, 2.05) is 57.2 Å². The van der Waals surface area contributed by atoms with Gasteiger partial charge in [0.1, 0.15) is 5.75 Å². The number of methoxy groups -OCH3 is 1. The van der Waals surface area contributed by atoms with Crippen LogP contribution in [0.1, 0.15) is 41.1 Å². The Labute approximate surface area is 178 Å². The zero-order chi connectivity index (χ0) is 21.7.